The summed E-state index contributed by atoms with van der Waals surface area (Å²) >= 11 is 0. The Kier molecular flexibility index (Phi) is 9.40. The van der Waals surface area contributed by atoms with Crippen molar-refractivity contribution in [2.24, 2.45) is 52.3 Å². The molecule has 4 nitrogen and oxygen atoms in total. The van der Waals surface area contributed by atoms with E-state index in [4.69, 9.17) is 9.84 Å². The minimum Gasteiger partial charge on any atom is -0.481 e. The van der Waals surface area contributed by atoms with E-state index in [2.05, 4.69) is 47.6 Å². The summed E-state index contributed by atoms with van der Waals surface area (Å²) in [6, 6.07) is 0. The molecular weight excluding hydrogens is 472 g/mol. The lowest BCUT2D eigenvalue weighted by molar-refractivity contribution is -0.151. The first kappa shape index (κ1) is 29.7. The quantitative estimate of drug-likeness (QED) is 0.215. The van der Waals surface area contributed by atoms with E-state index in [1.54, 1.807) is 5.57 Å². The molecule has 0 bridgehead atoms. The third kappa shape index (κ3) is 5.90. The van der Waals surface area contributed by atoms with Crippen LogP contribution in [-0.4, -0.2) is 23.1 Å². The van der Waals surface area contributed by atoms with Crippen molar-refractivity contribution in [1.29, 1.82) is 0 Å². The van der Waals surface area contributed by atoms with E-state index in [0.29, 0.717) is 11.8 Å². The molecule has 3 fully saturated rings. The molecule has 4 aliphatic carbocycles. The van der Waals surface area contributed by atoms with Gasteiger partial charge in [0.15, 0.2) is 0 Å². The van der Waals surface area contributed by atoms with Gasteiger partial charge in [-0.15, -0.1) is 0 Å². The van der Waals surface area contributed by atoms with Gasteiger partial charge in [-0.25, -0.2) is 0 Å². The van der Waals surface area contributed by atoms with Crippen LogP contribution >= 0.6 is 0 Å². The van der Waals surface area contributed by atoms with Crippen LogP contribution in [0.4, 0.5) is 0 Å². The lowest BCUT2D eigenvalue weighted by atomic mass is 9.47. The number of esters is 1. The van der Waals surface area contributed by atoms with Crippen molar-refractivity contribution in [2.45, 2.75) is 138 Å². The van der Waals surface area contributed by atoms with Gasteiger partial charge in [0, 0.05) is 19.3 Å². The van der Waals surface area contributed by atoms with Gasteiger partial charge in [0.25, 0.3) is 0 Å². The number of fused-ring (bicyclic) bond motifs is 5. The summed E-state index contributed by atoms with van der Waals surface area (Å²) in [5.41, 5.74) is 2.30. The largest absolute Gasteiger partial charge is 0.481 e. The lowest BCUT2D eigenvalue weighted by Gasteiger charge is -2.58. The van der Waals surface area contributed by atoms with E-state index in [0.717, 1.165) is 60.7 Å². The molecule has 0 spiro atoms. The number of hydrogen-bond donors (Lipinski definition) is 1. The van der Waals surface area contributed by atoms with Gasteiger partial charge in [-0.3, -0.25) is 9.59 Å². The Balaban J connectivity index is 1.38. The van der Waals surface area contributed by atoms with Crippen LogP contribution in [0.5, 0.6) is 0 Å². The molecule has 9 atom stereocenters. The molecule has 3 saturated carbocycles. The maximum Gasteiger partial charge on any atom is 0.306 e. The maximum absolute atomic E-state index is 12.3. The molecule has 0 aromatic carbocycles. The first-order valence-electron chi connectivity index (χ1n) is 16.1. The van der Waals surface area contributed by atoms with Crippen LogP contribution in [0.2, 0.25) is 0 Å². The summed E-state index contributed by atoms with van der Waals surface area (Å²) < 4.78 is 5.82. The van der Waals surface area contributed by atoms with Crippen LogP contribution in [0.25, 0.3) is 0 Å². The fourth-order valence-corrected chi connectivity index (χ4v) is 10.0. The van der Waals surface area contributed by atoms with Gasteiger partial charge in [0.05, 0.1) is 0 Å². The van der Waals surface area contributed by atoms with Gasteiger partial charge in [-0.05, 0) is 110 Å². The molecule has 0 amide bonds. The second-order valence-corrected chi connectivity index (χ2v) is 14.6. The minimum atomic E-state index is -0.851. The fraction of sp³-hybridized carbons (Fsp3) is 0.882. The monoisotopic (exact) mass is 528 g/mol. The van der Waals surface area contributed by atoms with Crippen molar-refractivity contribution in [3.63, 3.8) is 0 Å². The van der Waals surface area contributed by atoms with Crippen molar-refractivity contribution < 1.29 is 19.4 Å². The molecule has 4 heteroatoms. The van der Waals surface area contributed by atoms with Crippen LogP contribution < -0.4 is 0 Å². The summed E-state index contributed by atoms with van der Waals surface area (Å²) in [5.74, 6) is 4.76. The molecule has 0 radical (unpaired) electrons. The van der Waals surface area contributed by atoms with Crippen molar-refractivity contribution in [2.75, 3.05) is 0 Å². The van der Waals surface area contributed by atoms with Gasteiger partial charge in [0.2, 0.25) is 0 Å². The predicted octanol–water partition coefficient (Wildman–Crippen LogP) is 8.83. The number of carbonyl (C=O) groups excluding carboxylic acids is 1. The second kappa shape index (κ2) is 12.0. The highest BCUT2D eigenvalue weighted by molar-refractivity contribution is 5.71. The number of carbonyl (C=O) groups is 2. The first-order chi connectivity index (χ1) is 18.0. The molecule has 216 valence electrons. The van der Waals surface area contributed by atoms with E-state index in [9.17, 15) is 9.59 Å². The highest BCUT2D eigenvalue weighted by Gasteiger charge is 2.59. The molecule has 0 aromatic heterocycles. The van der Waals surface area contributed by atoms with Gasteiger partial charge >= 0.3 is 11.9 Å². The van der Waals surface area contributed by atoms with Gasteiger partial charge < -0.3 is 9.84 Å². The fourth-order valence-electron chi connectivity index (χ4n) is 10.0. The first-order valence-corrected chi connectivity index (χ1v) is 16.1. The predicted molar refractivity (Wildman–Crippen MR) is 154 cm³/mol. The van der Waals surface area contributed by atoms with Gasteiger partial charge in [-0.1, -0.05) is 66.0 Å². The topological polar surface area (TPSA) is 63.6 Å². The highest BCUT2D eigenvalue weighted by atomic mass is 16.5. The van der Waals surface area contributed by atoms with E-state index in [1.165, 1.54) is 51.4 Å². The van der Waals surface area contributed by atoms with Crippen molar-refractivity contribution in [3.8, 4) is 0 Å². The number of hydrogen-bond acceptors (Lipinski definition) is 3. The maximum atomic E-state index is 12.3. The molecular formula is C34H56O4. The Labute approximate surface area is 232 Å². The van der Waals surface area contributed by atoms with Crippen LogP contribution in [-0.2, 0) is 14.3 Å². The van der Waals surface area contributed by atoms with Gasteiger partial charge in [-0.2, -0.15) is 0 Å². The highest BCUT2D eigenvalue weighted by Crippen LogP contribution is 2.67. The Morgan fingerprint density at radius 3 is 2.47 bits per heavy atom. The smallest absolute Gasteiger partial charge is 0.306 e. The normalized spacial score (nSPS) is 38.0. The zero-order chi connectivity index (χ0) is 27.7. The number of allylic oxidation sites excluding steroid dienone is 1. The van der Waals surface area contributed by atoms with E-state index in [-0.39, 0.29) is 30.3 Å². The number of carboxylic acid groups (broad SMARTS) is 1. The van der Waals surface area contributed by atoms with Crippen LogP contribution in [0.15, 0.2) is 11.6 Å². The Hall–Kier alpha value is -1.32. The standard InChI is InChI=1S/C34H56O4/c1-7-24(22(2)3)12-11-23(4)28-15-16-29-27-14-13-25-21-26(38-32(37)10-8-9-31(35)36)17-19-33(25,5)30(27)18-20-34(28,29)6/h13,22-24,26-30H,7-12,14-21H2,1-6H3,(H,35,36)/t23?,24?,26-,27-,28+,29-,30-,33-,34+/m0/s1. The third-order valence-corrected chi connectivity index (χ3v) is 12.3. The SMILES string of the molecule is CCC(CCC(C)[C@H]1CC[C@H]2[C@@H]3CC=C4C[C@@H](OC(=O)CCCC(=O)O)CC[C@]4(C)[C@H]3CC[C@]12C)C(C)C. The Morgan fingerprint density at radius 1 is 1.03 bits per heavy atom. The van der Waals surface area contributed by atoms with Crippen LogP contribution in [0, 0.1) is 52.3 Å². The van der Waals surface area contributed by atoms with Crippen LogP contribution in [0.3, 0.4) is 0 Å². The van der Waals surface area contributed by atoms with Crippen molar-refractivity contribution >= 4 is 11.9 Å². The van der Waals surface area contributed by atoms with E-state index in [1.807, 2.05) is 0 Å². The molecule has 0 heterocycles. The molecule has 2 unspecified atom stereocenters. The molecule has 0 aromatic rings. The van der Waals surface area contributed by atoms with E-state index >= 15 is 0 Å². The lowest BCUT2D eigenvalue weighted by Crippen LogP contribution is -2.51. The molecule has 0 aliphatic heterocycles. The number of carboxylic acids is 1. The molecule has 38 heavy (non-hydrogen) atoms. The molecule has 1 N–H and O–H groups in total. The van der Waals surface area contributed by atoms with E-state index < -0.39 is 5.97 Å². The average molecular weight is 529 g/mol. The van der Waals surface area contributed by atoms with Crippen LogP contribution in [0.1, 0.15) is 131 Å². The zero-order valence-corrected chi connectivity index (χ0v) is 25.3. The summed E-state index contributed by atoms with van der Waals surface area (Å²) in [4.78, 5) is 23.1. The third-order valence-electron chi connectivity index (χ3n) is 12.3. The van der Waals surface area contributed by atoms with Crippen molar-refractivity contribution in [3.05, 3.63) is 11.6 Å². The Bertz CT molecular complexity index is 876. The summed E-state index contributed by atoms with van der Waals surface area (Å²) in [7, 11) is 0. The Morgan fingerprint density at radius 2 is 1.79 bits per heavy atom. The van der Waals surface area contributed by atoms with Gasteiger partial charge in [0.1, 0.15) is 6.10 Å². The summed E-state index contributed by atoms with van der Waals surface area (Å²) in [6.07, 6.45) is 17.0. The average Bonchev–Trinajstić information content (AvgIpc) is 3.21. The molecule has 0 saturated heterocycles. The molecule has 4 rings (SSSR count). The minimum absolute atomic E-state index is 0.0307. The summed E-state index contributed by atoms with van der Waals surface area (Å²) in [5, 5.41) is 8.83. The number of ether oxygens (including phenoxy) is 1. The zero-order valence-electron chi connectivity index (χ0n) is 25.3. The number of rotatable bonds is 11. The van der Waals surface area contributed by atoms with Crippen molar-refractivity contribution in [1.82, 2.24) is 0 Å². The second-order valence-electron chi connectivity index (χ2n) is 14.6. The molecule has 4 aliphatic rings. The summed E-state index contributed by atoms with van der Waals surface area (Å²) in [6.45, 7) is 14.9. The number of aliphatic carboxylic acids is 1.